The van der Waals surface area contributed by atoms with Gasteiger partial charge in [0.25, 0.3) is 11.4 Å². The normalized spacial score (nSPS) is 15.8. The van der Waals surface area contributed by atoms with Crippen LogP contribution in [0.1, 0.15) is 33.5 Å². The quantitative estimate of drug-likeness (QED) is 0.470. The fourth-order valence-electron chi connectivity index (χ4n) is 3.21. The van der Waals surface area contributed by atoms with Crippen LogP contribution in [0, 0.1) is 27.2 Å². The van der Waals surface area contributed by atoms with E-state index in [0.29, 0.717) is 12.8 Å². The maximum Gasteiger partial charge on any atom is 0.338 e. The fraction of sp³-hybridized carbons (Fsp3) is 0.278. The molecule has 1 aliphatic carbocycles. The molecule has 134 valence electrons. The van der Waals surface area contributed by atoms with Gasteiger partial charge in [-0.1, -0.05) is 18.2 Å². The Morgan fingerprint density at radius 1 is 1.12 bits per heavy atom. The molecule has 8 nitrogen and oxygen atoms in total. The molecule has 0 saturated heterocycles. The minimum absolute atomic E-state index is 0.194. The van der Waals surface area contributed by atoms with Gasteiger partial charge in [0, 0.05) is 18.6 Å². The second-order valence-corrected chi connectivity index (χ2v) is 6.24. The molecule has 26 heavy (non-hydrogen) atoms. The summed E-state index contributed by atoms with van der Waals surface area (Å²) >= 11 is 0. The zero-order valence-corrected chi connectivity index (χ0v) is 14.0. The number of esters is 1. The summed E-state index contributed by atoms with van der Waals surface area (Å²) in [7, 11) is 0. The summed E-state index contributed by atoms with van der Waals surface area (Å²) in [6, 6.07) is 8.78. The summed E-state index contributed by atoms with van der Waals surface area (Å²) in [5, 5.41) is 21.9. The Morgan fingerprint density at radius 2 is 1.77 bits per heavy atom. The number of ether oxygens (including phenoxy) is 1. The summed E-state index contributed by atoms with van der Waals surface area (Å²) in [6.07, 6.45) is 1.60. The fourth-order valence-corrected chi connectivity index (χ4v) is 3.21. The van der Waals surface area contributed by atoms with Crippen LogP contribution >= 0.6 is 0 Å². The number of nitrogens with zero attached hydrogens (tertiary/aromatic N) is 2. The highest BCUT2D eigenvalue weighted by molar-refractivity contribution is 5.91. The van der Waals surface area contributed by atoms with Crippen molar-refractivity contribution in [1.29, 1.82) is 0 Å². The lowest BCUT2D eigenvalue weighted by Gasteiger charge is -2.25. The predicted molar refractivity (Wildman–Crippen MR) is 92.2 cm³/mol. The maximum absolute atomic E-state index is 12.4. The van der Waals surface area contributed by atoms with E-state index in [0.717, 1.165) is 30.2 Å². The van der Waals surface area contributed by atoms with E-state index in [9.17, 15) is 25.0 Å². The van der Waals surface area contributed by atoms with Crippen LogP contribution in [0.4, 0.5) is 11.4 Å². The number of hydrogen-bond acceptors (Lipinski definition) is 6. The molecule has 0 N–H and O–H groups in total. The van der Waals surface area contributed by atoms with Crippen LogP contribution in [0.2, 0.25) is 0 Å². The third-order valence-electron chi connectivity index (χ3n) is 4.50. The molecule has 0 saturated carbocycles. The van der Waals surface area contributed by atoms with Crippen LogP contribution in [0.25, 0.3) is 0 Å². The molecule has 0 heterocycles. The number of carbonyl (C=O) groups excluding carboxylic acids is 1. The highest BCUT2D eigenvalue weighted by atomic mass is 16.6. The van der Waals surface area contributed by atoms with Crippen molar-refractivity contribution in [1.82, 2.24) is 0 Å². The van der Waals surface area contributed by atoms with Gasteiger partial charge in [0.2, 0.25) is 0 Å². The molecule has 1 aliphatic rings. The van der Waals surface area contributed by atoms with E-state index in [1.54, 1.807) is 0 Å². The monoisotopic (exact) mass is 356 g/mol. The van der Waals surface area contributed by atoms with Gasteiger partial charge >= 0.3 is 5.97 Å². The van der Waals surface area contributed by atoms with Gasteiger partial charge < -0.3 is 4.74 Å². The van der Waals surface area contributed by atoms with Crippen LogP contribution in [0.3, 0.4) is 0 Å². The van der Waals surface area contributed by atoms with E-state index in [4.69, 9.17) is 4.74 Å². The van der Waals surface area contributed by atoms with Gasteiger partial charge in [0.1, 0.15) is 6.10 Å². The Balaban J connectivity index is 1.80. The van der Waals surface area contributed by atoms with Gasteiger partial charge in [-0.05, 0) is 36.5 Å². The van der Waals surface area contributed by atoms with Gasteiger partial charge in [0.15, 0.2) is 0 Å². The van der Waals surface area contributed by atoms with Crippen LogP contribution in [-0.2, 0) is 17.6 Å². The molecule has 0 radical (unpaired) electrons. The first kappa shape index (κ1) is 17.5. The Bertz CT molecular complexity index is 876. The van der Waals surface area contributed by atoms with E-state index in [-0.39, 0.29) is 11.7 Å². The van der Waals surface area contributed by atoms with Gasteiger partial charge in [-0.25, -0.2) is 4.79 Å². The zero-order chi connectivity index (χ0) is 18.8. The first-order valence-electron chi connectivity index (χ1n) is 8.07. The molecule has 0 spiro atoms. The van der Waals surface area contributed by atoms with Crippen LogP contribution in [-0.4, -0.2) is 21.9 Å². The second-order valence-electron chi connectivity index (χ2n) is 6.24. The second kappa shape index (κ2) is 6.91. The number of benzene rings is 2. The number of hydrogen-bond donors (Lipinski definition) is 0. The molecule has 1 atom stereocenters. The highest BCUT2D eigenvalue weighted by Gasteiger charge is 2.26. The molecule has 0 aliphatic heterocycles. The van der Waals surface area contributed by atoms with Crippen molar-refractivity contribution in [3.8, 4) is 0 Å². The molecule has 1 unspecified atom stereocenters. The Kier molecular flexibility index (Phi) is 4.66. The average molecular weight is 356 g/mol. The van der Waals surface area contributed by atoms with Crippen molar-refractivity contribution in [3.05, 3.63) is 78.9 Å². The van der Waals surface area contributed by atoms with Crippen molar-refractivity contribution in [2.24, 2.45) is 0 Å². The molecule has 0 bridgehead atoms. The molecule has 8 heteroatoms. The summed E-state index contributed by atoms with van der Waals surface area (Å²) in [5.41, 5.74) is 2.33. The summed E-state index contributed by atoms with van der Waals surface area (Å²) < 4.78 is 5.46. The first-order chi connectivity index (χ1) is 12.3. The van der Waals surface area contributed by atoms with E-state index in [1.807, 2.05) is 25.1 Å². The molecule has 0 aromatic heterocycles. The molecular formula is C18H16N2O6. The number of fused-ring (bicyclic) bond motifs is 1. The minimum atomic E-state index is -0.794. The standard InChI is InChI=1S/C18H16N2O6/c1-11-3-2-4-12-9-16(5-6-17(11)12)26-18(21)13-7-14(19(22)23)10-15(8-13)20(24)25/h2-4,7-8,10,16H,5-6,9H2,1H3. The van der Waals surface area contributed by atoms with Crippen LogP contribution in [0.5, 0.6) is 0 Å². The van der Waals surface area contributed by atoms with Crippen molar-refractivity contribution in [2.45, 2.75) is 32.3 Å². The van der Waals surface area contributed by atoms with Gasteiger partial charge in [-0.15, -0.1) is 0 Å². The van der Waals surface area contributed by atoms with Gasteiger partial charge in [-0.2, -0.15) is 0 Å². The Hall–Kier alpha value is -3.29. The largest absolute Gasteiger partial charge is 0.458 e. The Morgan fingerprint density at radius 3 is 2.38 bits per heavy atom. The minimum Gasteiger partial charge on any atom is -0.458 e. The smallest absolute Gasteiger partial charge is 0.338 e. The van der Waals surface area contributed by atoms with Crippen molar-refractivity contribution in [2.75, 3.05) is 0 Å². The molecule has 0 fully saturated rings. The van der Waals surface area contributed by atoms with Crippen molar-refractivity contribution < 1.29 is 19.4 Å². The molecular weight excluding hydrogens is 340 g/mol. The van der Waals surface area contributed by atoms with Crippen molar-refractivity contribution >= 4 is 17.3 Å². The van der Waals surface area contributed by atoms with Crippen LogP contribution in [0.15, 0.2) is 36.4 Å². The SMILES string of the molecule is Cc1cccc2c1CCC(OC(=O)c1cc([N+](=O)[O-])cc([N+](=O)[O-])c1)C2. The number of non-ortho nitro benzene ring substituents is 2. The first-order valence-corrected chi connectivity index (χ1v) is 8.07. The van der Waals surface area contributed by atoms with E-state index in [2.05, 4.69) is 0 Å². The lowest BCUT2D eigenvalue weighted by molar-refractivity contribution is -0.394. The third-order valence-corrected chi connectivity index (χ3v) is 4.50. The van der Waals surface area contributed by atoms with E-state index < -0.39 is 27.2 Å². The average Bonchev–Trinajstić information content (AvgIpc) is 2.61. The molecule has 0 amide bonds. The third kappa shape index (κ3) is 3.53. The van der Waals surface area contributed by atoms with Gasteiger partial charge in [-0.3, -0.25) is 20.2 Å². The van der Waals surface area contributed by atoms with E-state index in [1.165, 1.54) is 11.1 Å². The summed E-state index contributed by atoms with van der Waals surface area (Å²) in [6.45, 7) is 2.04. The maximum atomic E-state index is 12.4. The lowest BCUT2D eigenvalue weighted by atomic mass is 9.87. The number of nitro groups is 2. The van der Waals surface area contributed by atoms with Gasteiger partial charge in [0.05, 0.1) is 21.5 Å². The molecule has 2 aromatic carbocycles. The zero-order valence-electron chi connectivity index (χ0n) is 14.0. The number of nitro benzene ring substituents is 2. The predicted octanol–water partition coefficient (Wildman–Crippen LogP) is 3.53. The summed E-state index contributed by atoms with van der Waals surface area (Å²) in [5.74, 6) is -0.794. The summed E-state index contributed by atoms with van der Waals surface area (Å²) in [4.78, 5) is 32.7. The molecule has 3 rings (SSSR count). The number of carbonyl (C=O) groups is 1. The van der Waals surface area contributed by atoms with Crippen LogP contribution < -0.4 is 0 Å². The number of aryl methyl sites for hydroxylation is 1. The van der Waals surface area contributed by atoms with Crippen molar-refractivity contribution in [3.63, 3.8) is 0 Å². The number of rotatable bonds is 4. The topological polar surface area (TPSA) is 113 Å². The lowest BCUT2D eigenvalue weighted by Crippen LogP contribution is -2.26. The highest BCUT2D eigenvalue weighted by Crippen LogP contribution is 2.28. The Labute approximate surface area is 148 Å². The van der Waals surface area contributed by atoms with E-state index >= 15 is 0 Å². The molecule has 2 aromatic rings.